The van der Waals surface area contributed by atoms with Gasteiger partial charge in [0.25, 0.3) is 0 Å². The van der Waals surface area contributed by atoms with Crippen LogP contribution < -0.4 is 9.47 Å². The van der Waals surface area contributed by atoms with Gasteiger partial charge in [-0.25, -0.2) is 0 Å². The molecule has 1 aromatic carbocycles. The summed E-state index contributed by atoms with van der Waals surface area (Å²) < 4.78 is 11.7. The number of Topliss-reactive ketones (excluding diaryl/α,β-unsaturated/α-hetero) is 1. The van der Waals surface area contributed by atoms with Crippen LogP contribution in [0.15, 0.2) is 12.2 Å². The van der Waals surface area contributed by atoms with Crippen molar-refractivity contribution in [3.8, 4) is 17.2 Å². The molecule has 0 radical (unpaired) electrons. The van der Waals surface area contributed by atoms with Gasteiger partial charge in [-0.2, -0.15) is 0 Å². The molecule has 1 aromatic rings. The largest absolute Gasteiger partial charge is 0.506 e. The fourth-order valence-electron chi connectivity index (χ4n) is 3.41. The zero-order chi connectivity index (χ0) is 22.8. The van der Waals surface area contributed by atoms with Crippen LogP contribution in [-0.4, -0.2) is 33.7 Å². The standard InChI is InChI=1S/C22H26O6.C2H6/c1-6-13-7-8-15(24)27-21-16(13)20-14(9-10-22(4,5)28-20)19(26)17(21)18(25)11(2)12(3)23;1-2/h7,9-12,23,26H,6,8H2,1-5H3;1-2H3/t11-,12+;/m0./s1. The van der Waals surface area contributed by atoms with E-state index >= 15 is 0 Å². The van der Waals surface area contributed by atoms with Gasteiger partial charge < -0.3 is 19.7 Å². The quantitative estimate of drug-likeness (QED) is 0.412. The predicted molar refractivity (Wildman–Crippen MR) is 117 cm³/mol. The first-order chi connectivity index (χ1) is 14.1. The molecule has 2 atom stereocenters. The van der Waals surface area contributed by atoms with Crippen molar-refractivity contribution in [3.05, 3.63) is 28.8 Å². The molecule has 2 aliphatic rings. The Bertz CT molecular complexity index is 905. The summed E-state index contributed by atoms with van der Waals surface area (Å²) in [6, 6.07) is 0. The minimum atomic E-state index is -0.924. The second kappa shape index (κ2) is 9.04. The van der Waals surface area contributed by atoms with Gasteiger partial charge in [0.2, 0.25) is 0 Å². The lowest BCUT2D eigenvalue weighted by atomic mass is 9.86. The van der Waals surface area contributed by atoms with Gasteiger partial charge in [-0.05, 0) is 44.9 Å². The predicted octanol–water partition coefficient (Wildman–Crippen LogP) is 4.90. The molecule has 30 heavy (non-hydrogen) atoms. The number of rotatable bonds is 4. The maximum atomic E-state index is 13.1. The molecule has 2 aliphatic heterocycles. The van der Waals surface area contributed by atoms with E-state index in [1.54, 1.807) is 25.2 Å². The Morgan fingerprint density at radius 3 is 2.43 bits per heavy atom. The van der Waals surface area contributed by atoms with Crippen LogP contribution in [0.3, 0.4) is 0 Å². The molecule has 0 saturated carbocycles. The Kier molecular flexibility index (Phi) is 7.14. The summed E-state index contributed by atoms with van der Waals surface area (Å²) in [5.74, 6) is -1.69. The fourth-order valence-corrected chi connectivity index (χ4v) is 3.41. The molecule has 0 bridgehead atoms. The van der Waals surface area contributed by atoms with E-state index in [0.717, 1.165) is 5.57 Å². The van der Waals surface area contributed by atoms with Crippen molar-refractivity contribution >= 4 is 23.4 Å². The normalized spacial score (nSPS) is 18.3. The van der Waals surface area contributed by atoms with E-state index in [1.165, 1.54) is 6.92 Å². The molecule has 2 N–H and O–H groups in total. The molecule has 0 amide bonds. The number of hydrogen-bond donors (Lipinski definition) is 2. The molecular formula is C24H32O6. The number of allylic oxidation sites excluding steroid dienone is 1. The van der Waals surface area contributed by atoms with Gasteiger partial charge in [-0.15, -0.1) is 0 Å². The van der Waals surface area contributed by atoms with E-state index in [0.29, 0.717) is 23.3 Å². The number of carbonyl (C=O) groups is 2. The smallest absolute Gasteiger partial charge is 0.315 e. The minimum absolute atomic E-state index is 0.00968. The number of hydrogen-bond acceptors (Lipinski definition) is 6. The highest BCUT2D eigenvalue weighted by Crippen LogP contribution is 2.51. The molecule has 0 saturated heterocycles. The summed E-state index contributed by atoms with van der Waals surface area (Å²) in [6.07, 6.45) is 5.02. The molecule has 0 fully saturated rings. The van der Waals surface area contributed by atoms with Crippen LogP contribution >= 0.6 is 0 Å². The molecule has 0 aliphatic carbocycles. The zero-order valence-electron chi connectivity index (χ0n) is 18.8. The average Bonchev–Trinajstić information content (AvgIpc) is 2.86. The van der Waals surface area contributed by atoms with Crippen LogP contribution in [0.1, 0.15) is 82.8 Å². The highest BCUT2D eigenvalue weighted by molar-refractivity contribution is 6.07. The second-order valence-corrected chi connectivity index (χ2v) is 7.86. The number of esters is 1. The van der Waals surface area contributed by atoms with Gasteiger partial charge in [0, 0.05) is 5.92 Å². The minimum Gasteiger partial charge on any atom is -0.506 e. The number of carbonyl (C=O) groups excluding carboxylic acids is 2. The molecule has 164 valence electrons. The van der Waals surface area contributed by atoms with Gasteiger partial charge in [-0.3, -0.25) is 9.59 Å². The van der Waals surface area contributed by atoms with Crippen molar-refractivity contribution < 1.29 is 29.3 Å². The second-order valence-electron chi connectivity index (χ2n) is 7.86. The van der Waals surface area contributed by atoms with Crippen LogP contribution in [0.5, 0.6) is 17.2 Å². The molecule has 0 unspecified atom stereocenters. The van der Waals surface area contributed by atoms with E-state index in [1.807, 2.05) is 34.6 Å². The fraction of sp³-hybridized carbons (Fsp3) is 0.500. The highest BCUT2D eigenvalue weighted by atomic mass is 16.5. The molecule has 0 spiro atoms. The maximum absolute atomic E-state index is 13.1. The number of aromatic hydroxyl groups is 1. The van der Waals surface area contributed by atoms with Crippen molar-refractivity contribution in [2.45, 2.75) is 73.0 Å². The Balaban J connectivity index is 0.00000155. The van der Waals surface area contributed by atoms with E-state index < -0.39 is 29.4 Å². The van der Waals surface area contributed by atoms with Crippen molar-refractivity contribution in [3.63, 3.8) is 0 Å². The first kappa shape index (κ1) is 23.7. The van der Waals surface area contributed by atoms with Crippen LogP contribution in [0.25, 0.3) is 11.6 Å². The van der Waals surface area contributed by atoms with Gasteiger partial charge >= 0.3 is 5.97 Å². The lowest BCUT2D eigenvalue weighted by Gasteiger charge is -2.32. The SMILES string of the molecule is CC.CCC1=CCC(=O)Oc2c(C(=O)[C@@H](C)[C@@H](C)O)c(O)c3c(c21)OC(C)(C)C=C3. The summed E-state index contributed by atoms with van der Waals surface area (Å²) in [5.41, 5.74) is 0.976. The Morgan fingerprint density at radius 2 is 1.87 bits per heavy atom. The topological polar surface area (TPSA) is 93.1 Å². The average molecular weight is 417 g/mol. The third kappa shape index (κ3) is 4.29. The van der Waals surface area contributed by atoms with Gasteiger partial charge in [-0.1, -0.05) is 33.8 Å². The van der Waals surface area contributed by atoms with E-state index in [9.17, 15) is 19.8 Å². The van der Waals surface area contributed by atoms with Crippen molar-refractivity contribution in [1.82, 2.24) is 0 Å². The Labute approximate surface area is 178 Å². The number of phenols is 1. The van der Waals surface area contributed by atoms with Crippen molar-refractivity contribution in [1.29, 1.82) is 0 Å². The highest BCUT2D eigenvalue weighted by Gasteiger charge is 2.37. The first-order valence-electron chi connectivity index (χ1n) is 10.5. The third-order valence-electron chi connectivity index (χ3n) is 5.25. The Morgan fingerprint density at radius 1 is 1.23 bits per heavy atom. The first-order valence-corrected chi connectivity index (χ1v) is 10.5. The van der Waals surface area contributed by atoms with Crippen LogP contribution in [-0.2, 0) is 4.79 Å². The monoisotopic (exact) mass is 416 g/mol. The molecule has 2 heterocycles. The lowest BCUT2D eigenvalue weighted by Crippen LogP contribution is -2.29. The number of fused-ring (bicyclic) bond motifs is 3. The summed E-state index contributed by atoms with van der Waals surface area (Å²) in [7, 11) is 0. The molecular weight excluding hydrogens is 384 g/mol. The molecule has 6 nitrogen and oxygen atoms in total. The van der Waals surface area contributed by atoms with Crippen LogP contribution in [0, 0.1) is 5.92 Å². The summed E-state index contributed by atoms with van der Waals surface area (Å²) in [4.78, 5) is 25.3. The Hall–Kier alpha value is -2.60. The number of aliphatic hydroxyl groups excluding tert-OH is 1. The maximum Gasteiger partial charge on any atom is 0.315 e. The summed E-state index contributed by atoms with van der Waals surface area (Å²) >= 11 is 0. The van der Waals surface area contributed by atoms with E-state index in [-0.39, 0.29) is 23.5 Å². The van der Waals surface area contributed by atoms with Crippen molar-refractivity contribution in [2.75, 3.05) is 0 Å². The summed E-state index contributed by atoms with van der Waals surface area (Å²) in [5, 5.41) is 20.9. The van der Waals surface area contributed by atoms with Gasteiger partial charge in [0.15, 0.2) is 11.5 Å². The zero-order valence-corrected chi connectivity index (χ0v) is 18.8. The van der Waals surface area contributed by atoms with Gasteiger partial charge in [0.05, 0.1) is 23.7 Å². The van der Waals surface area contributed by atoms with Crippen LogP contribution in [0.2, 0.25) is 0 Å². The molecule has 6 heteroatoms. The number of aliphatic hydroxyl groups is 1. The molecule has 0 aromatic heterocycles. The number of phenolic OH excluding ortho intramolecular Hbond substituents is 1. The number of benzene rings is 1. The number of ether oxygens (including phenoxy) is 2. The van der Waals surface area contributed by atoms with E-state index in [4.69, 9.17) is 9.47 Å². The number of ketones is 1. The van der Waals surface area contributed by atoms with Crippen LogP contribution in [0.4, 0.5) is 0 Å². The lowest BCUT2D eigenvalue weighted by molar-refractivity contribution is -0.133. The van der Waals surface area contributed by atoms with Gasteiger partial charge in [0.1, 0.15) is 22.7 Å². The third-order valence-corrected chi connectivity index (χ3v) is 5.25. The van der Waals surface area contributed by atoms with Crippen molar-refractivity contribution in [2.24, 2.45) is 5.92 Å². The molecule has 3 rings (SSSR count). The van der Waals surface area contributed by atoms with E-state index in [2.05, 4.69) is 0 Å². The summed E-state index contributed by atoms with van der Waals surface area (Å²) in [6.45, 7) is 12.8.